The van der Waals surface area contributed by atoms with Crippen molar-refractivity contribution >= 4 is 72.2 Å². The molecule has 5 rings (SSSR count). The van der Waals surface area contributed by atoms with Crippen molar-refractivity contribution in [2.75, 3.05) is 11.9 Å². The van der Waals surface area contributed by atoms with Crippen molar-refractivity contribution < 1.29 is 19.1 Å². The van der Waals surface area contributed by atoms with E-state index < -0.39 is 24.4 Å². The fourth-order valence-corrected chi connectivity index (χ4v) is 5.77. The van der Waals surface area contributed by atoms with Gasteiger partial charge in [-0.15, -0.1) is 0 Å². The average Bonchev–Trinajstić information content (AvgIpc) is 3.15. The van der Waals surface area contributed by atoms with Crippen LogP contribution in [-0.4, -0.2) is 29.3 Å². The number of benzene rings is 4. The Morgan fingerprint density at radius 2 is 1.69 bits per heavy atom. The highest BCUT2D eigenvalue weighted by Crippen LogP contribution is 2.36. The Balaban J connectivity index is 1.28. The molecule has 1 saturated heterocycles. The lowest BCUT2D eigenvalue weighted by atomic mass is 10.1. The zero-order chi connectivity index (χ0) is 27.5. The van der Waals surface area contributed by atoms with E-state index in [2.05, 4.69) is 60.7 Å². The maximum absolute atomic E-state index is 12.9. The van der Waals surface area contributed by atoms with Gasteiger partial charge in [-0.3, -0.25) is 9.59 Å². The highest BCUT2D eigenvalue weighted by molar-refractivity contribution is 9.11. The Bertz CT molecular complexity index is 1620. The Kier molecular flexibility index (Phi) is 7.81. The lowest BCUT2D eigenvalue weighted by Gasteiger charge is -2.13. The predicted octanol–water partition coefficient (Wildman–Crippen LogP) is 6.78. The van der Waals surface area contributed by atoms with Crippen molar-refractivity contribution in [2.45, 2.75) is 13.5 Å². The fraction of sp³-hybridized carbons (Fsp3) is 0.100. The number of rotatable bonds is 7. The SMILES string of the molecule is Cc1cccc(NC(=O)CN2C(=O)N/C(=C/c3cc(Br)c(OCc4cccc5ccccc45)c(Br)c3)C2=O)c1. The van der Waals surface area contributed by atoms with Crippen molar-refractivity contribution in [3.05, 3.63) is 110 Å². The molecule has 1 aliphatic heterocycles. The van der Waals surface area contributed by atoms with Gasteiger partial charge in [0.05, 0.1) is 8.95 Å². The molecule has 4 aromatic rings. The van der Waals surface area contributed by atoms with Crippen LogP contribution in [0.4, 0.5) is 10.5 Å². The Morgan fingerprint density at radius 3 is 2.46 bits per heavy atom. The van der Waals surface area contributed by atoms with Crippen LogP contribution in [0.15, 0.2) is 93.5 Å². The van der Waals surface area contributed by atoms with E-state index in [4.69, 9.17) is 4.74 Å². The zero-order valence-corrected chi connectivity index (χ0v) is 24.0. The second-order valence-electron chi connectivity index (χ2n) is 9.04. The number of hydrogen-bond donors (Lipinski definition) is 2. The van der Waals surface area contributed by atoms with Gasteiger partial charge in [0.1, 0.15) is 24.6 Å². The minimum absolute atomic E-state index is 0.0755. The number of ether oxygens (including phenoxy) is 1. The molecule has 0 radical (unpaired) electrons. The molecule has 0 aromatic heterocycles. The molecule has 0 spiro atoms. The molecule has 4 amide bonds. The molecule has 9 heteroatoms. The van der Waals surface area contributed by atoms with Crippen LogP contribution in [0.1, 0.15) is 16.7 Å². The second kappa shape index (κ2) is 11.4. The molecule has 0 unspecified atom stereocenters. The van der Waals surface area contributed by atoms with Crippen LogP contribution in [0, 0.1) is 6.92 Å². The number of imide groups is 1. The summed E-state index contributed by atoms with van der Waals surface area (Å²) in [6.45, 7) is 1.88. The largest absolute Gasteiger partial charge is 0.487 e. The van der Waals surface area contributed by atoms with Crippen LogP contribution in [0.25, 0.3) is 16.8 Å². The molecule has 0 saturated carbocycles. The number of aryl methyl sites for hydroxylation is 1. The summed E-state index contributed by atoms with van der Waals surface area (Å²) in [6, 6.07) is 24.4. The first kappa shape index (κ1) is 26.6. The van der Waals surface area contributed by atoms with Gasteiger partial charge < -0.3 is 15.4 Å². The second-order valence-corrected chi connectivity index (χ2v) is 10.7. The van der Waals surface area contributed by atoms with Gasteiger partial charge in [0.15, 0.2) is 0 Å². The molecule has 7 nitrogen and oxygen atoms in total. The van der Waals surface area contributed by atoms with Gasteiger partial charge in [0, 0.05) is 5.69 Å². The van der Waals surface area contributed by atoms with Crippen LogP contribution in [0.3, 0.4) is 0 Å². The van der Waals surface area contributed by atoms with Crippen LogP contribution in [0.5, 0.6) is 5.75 Å². The van der Waals surface area contributed by atoms with E-state index in [9.17, 15) is 14.4 Å². The summed E-state index contributed by atoms with van der Waals surface area (Å²) >= 11 is 7.12. The Hall–Kier alpha value is -3.95. The summed E-state index contributed by atoms with van der Waals surface area (Å²) in [5.41, 5.74) is 3.37. The quantitative estimate of drug-likeness (QED) is 0.171. The van der Waals surface area contributed by atoms with E-state index in [-0.39, 0.29) is 5.70 Å². The molecule has 4 aromatic carbocycles. The first-order valence-corrected chi connectivity index (χ1v) is 13.7. The molecule has 2 N–H and O–H groups in total. The number of nitrogens with one attached hydrogen (secondary N) is 2. The van der Waals surface area contributed by atoms with Gasteiger partial charge in [-0.25, -0.2) is 9.69 Å². The van der Waals surface area contributed by atoms with Crippen molar-refractivity contribution in [1.82, 2.24) is 10.2 Å². The summed E-state index contributed by atoms with van der Waals surface area (Å²) < 4.78 is 7.49. The minimum atomic E-state index is -0.654. The number of carbonyl (C=O) groups is 3. The molecular formula is C30H23Br2N3O4. The number of fused-ring (bicyclic) bond motifs is 1. The third-order valence-electron chi connectivity index (χ3n) is 6.15. The van der Waals surface area contributed by atoms with Gasteiger partial charge >= 0.3 is 6.03 Å². The predicted molar refractivity (Wildman–Crippen MR) is 158 cm³/mol. The molecule has 39 heavy (non-hydrogen) atoms. The summed E-state index contributed by atoms with van der Waals surface area (Å²) in [5, 5.41) is 7.53. The van der Waals surface area contributed by atoms with Gasteiger partial charge in [-0.1, -0.05) is 54.6 Å². The molecule has 0 atom stereocenters. The highest BCUT2D eigenvalue weighted by atomic mass is 79.9. The molecule has 0 bridgehead atoms. The maximum atomic E-state index is 12.9. The average molecular weight is 649 g/mol. The van der Waals surface area contributed by atoms with E-state index in [0.717, 1.165) is 26.8 Å². The molecule has 1 fully saturated rings. The molecule has 1 heterocycles. The van der Waals surface area contributed by atoms with Crippen molar-refractivity contribution in [2.24, 2.45) is 0 Å². The topological polar surface area (TPSA) is 87.7 Å². The lowest BCUT2D eigenvalue weighted by molar-refractivity contribution is -0.127. The summed E-state index contributed by atoms with van der Waals surface area (Å²) in [4.78, 5) is 38.7. The number of halogens is 2. The normalized spacial score (nSPS) is 14.1. The number of carbonyl (C=O) groups excluding carboxylic acids is 3. The van der Waals surface area contributed by atoms with Crippen LogP contribution >= 0.6 is 31.9 Å². The summed E-state index contributed by atoms with van der Waals surface area (Å²) in [5.74, 6) is -0.437. The molecular weight excluding hydrogens is 626 g/mol. The Labute approximate surface area is 242 Å². The number of nitrogens with zero attached hydrogens (tertiary/aromatic N) is 1. The number of anilines is 1. The van der Waals surface area contributed by atoms with Crippen molar-refractivity contribution in [1.29, 1.82) is 0 Å². The van der Waals surface area contributed by atoms with E-state index in [1.54, 1.807) is 30.3 Å². The van der Waals surface area contributed by atoms with Crippen LogP contribution in [0.2, 0.25) is 0 Å². The lowest BCUT2D eigenvalue weighted by Crippen LogP contribution is -2.38. The minimum Gasteiger partial charge on any atom is -0.487 e. The first-order chi connectivity index (χ1) is 18.8. The van der Waals surface area contributed by atoms with Crippen molar-refractivity contribution in [3.8, 4) is 5.75 Å². The third kappa shape index (κ3) is 6.05. The fourth-order valence-electron chi connectivity index (χ4n) is 4.32. The monoisotopic (exact) mass is 647 g/mol. The van der Waals surface area contributed by atoms with Gasteiger partial charge in [0.2, 0.25) is 5.91 Å². The third-order valence-corrected chi connectivity index (χ3v) is 7.33. The van der Waals surface area contributed by atoms with Gasteiger partial charge in [-0.05, 0) is 96.6 Å². The van der Waals surface area contributed by atoms with Crippen LogP contribution < -0.4 is 15.4 Å². The van der Waals surface area contributed by atoms with Crippen molar-refractivity contribution in [3.63, 3.8) is 0 Å². The van der Waals surface area contributed by atoms with E-state index in [0.29, 0.717) is 32.6 Å². The molecule has 1 aliphatic rings. The van der Waals surface area contributed by atoms with E-state index in [1.807, 2.05) is 43.3 Å². The number of hydrogen-bond acceptors (Lipinski definition) is 4. The number of amides is 4. The maximum Gasteiger partial charge on any atom is 0.329 e. The van der Waals surface area contributed by atoms with E-state index >= 15 is 0 Å². The highest BCUT2D eigenvalue weighted by Gasteiger charge is 2.35. The molecule has 0 aliphatic carbocycles. The summed E-state index contributed by atoms with van der Waals surface area (Å²) in [6.07, 6.45) is 1.56. The van der Waals surface area contributed by atoms with Gasteiger partial charge in [-0.2, -0.15) is 0 Å². The Morgan fingerprint density at radius 1 is 0.974 bits per heavy atom. The standard InChI is InChI=1S/C30H23Br2N3O4/c1-18-6-4-10-22(12-18)33-27(36)16-35-29(37)26(34-30(35)38)15-19-13-24(31)28(25(32)14-19)39-17-21-9-5-8-20-7-2-3-11-23(20)21/h2-15H,16-17H2,1H3,(H,33,36)(H,34,38)/b26-15+. The first-order valence-electron chi connectivity index (χ1n) is 12.1. The summed E-state index contributed by atoms with van der Waals surface area (Å²) in [7, 11) is 0. The van der Waals surface area contributed by atoms with E-state index in [1.165, 1.54) is 0 Å². The van der Waals surface area contributed by atoms with Crippen LogP contribution in [-0.2, 0) is 16.2 Å². The number of urea groups is 1. The van der Waals surface area contributed by atoms with Gasteiger partial charge in [0.25, 0.3) is 5.91 Å². The smallest absolute Gasteiger partial charge is 0.329 e. The zero-order valence-electron chi connectivity index (χ0n) is 20.8. The molecule has 196 valence electrons.